The highest BCUT2D eigenvalue weighted by Crippen LogP contribution is 2.30. The SMILES string of the molecule is COc1ccc(NC(N)=NCC(c2ccccc2)N2CCC(C)CC2)cc1OC. The third-order valence-corrected chi connectivity index (χ3v) is 5.53. The summed E-state index contributed by atoms with van der Waals surface area (Å²) in [4.78, 5) is 7.19. The number of guanidine groups is 1. The number of nitrogens with one attached hydrogen (secondary N) is 1. The van der Waals surface area contributed by atoms with Crippen LogP contribution in [-0.4, -0.2) is 44.7 Å². The van der Waals surface area contributed by atoms with E-state index >= 15 is 0 Å². The average Bonchev–Trinajstić information content (AvgIpc) is 2.75. The quantitative estimate of drug-likeness (QED) is 0.548. The van der Waals surface area contributed by atoms with Gasteiger partial charge in [0.25, 0.3) is 0 Å². The first-order valence-electron chi connectivity index (χ1n) is 10.2. The monoisotopic (exact) mass is 396 g/mol. The van der Waals surface area contributed by atoms with E-state index in [0.29, 0.717) is 24.0 Å². The van der Waals surface area contributed by atoms with E-state index in [-0.39, 0.29) is 6.04 Å². The van der Waals surface area contributed by atoms with E-state index in [1.54, 1.807) is 14.2 Å². The van der Waals surface area contributed by atoms with Gasteiger partial charge in [0.1, 0.15) is 0 Å². The van der Waals surface area contributed by atoms with E-state index in [0.717, 1.165) is 24.7 Å². The van der Waals surface area contributed by atoms with Crippen LogP contribution < -0.4 is 20.5 Å². The van der Waals surface area contributed by atoms with Gasteiger partial charge in [-0.1, -0.05) is 37.3 Å². The van der Waals surface area contributed by atoms with E-state index < -0.39 is 0 Å². The second-order valence-corrected chi connectivity index (χ2v) is 7.57. The summed E-state index contributed by atoms with van der Waals surface area (Å²) in [6.45, 7) is 5.14. The number of piperidine rings is 1. The first kappa shape index (κ1) is 21.0. The van der Waals surface area contributed by atoms with Crippen LogP contribution in [0.15, 0.2) is 53.5 Å². The molecule has 3 rings (SSSR count). The first-order chi connectivity index (χ1) is 14.1. The lowest BCUT2D eigenvalue weighted by atomic mass is 9.96. The number of hydrogen-bond acceptors (Lipinski definition) is 4. The fourth-order valence-electron chi connectivity index (χ4n) is 3.73. The van der Waals surface area contributed by atoms with Crippen LogP contribution in [0, 0.1) is 5.92 Å². The number of aliphatic imine (C=N–C) groups is 1. The van der Waals surface area contributed by atoms with Crippen molar-refractivity contribution < 1.29 is 9.47 Å². The lowest BCUT2D eigenvalue weighted by molar-refractivity contribution is 0.141. The van der Waals surface area contributed by atoms with Gasteiger partial charge in [0.2, 0.25) is 0 Å². The molecule has 0 saturated carbocycles. The molecule has 1 aliphatic heterocycles. The van der Waals surface area contributed by atoms with Gasteiger partial charge in [-0.2, -0.15) is 0 Å². The predicted molar refractivity (Wildman–Crippen MR) is 119 cm³/mol. The van der Waals surface area contributed by atoms with Crippen molar-refractivity contribution in [2.75, 3.05) is 39.2 Å². The lowest BCUT2D eigenvalue weighted by Gasteiger charge is -2.36. The van der Waals surface area contributed by atoms with Crippen molar-refractivity contribution in [3.05, 3.63) is 54.1 Å². The number of methoxy groups -OCH3 is 2. The van der Waals surface area contributed by atoms with Gasteiger partial charge in [-0.05, 0) is 49.5 Å². The van der Waals surface area contributed by atoms with Crippen LogP contribution in [0.3, 0.4) is 0 Å². The Morgan fingerprint density at radius 3 is 2.45 bits per heavy atom. The molecule has 1 heterocycles. The molecule has 0 spiro atoms. The van der Waals surface area contributed by atoms with Crippen LogP contribution in [0.2, 0.25) is 0 Å². The van der Waals surface area contributed by atoms with Crippen LogP contribution in [0.25, 0.3) is 0 Å². The van der Waals surface area contributed by atoms with Crippen molar-refractivity contribution in [2.24, 2.45) is 16.6 Å². The number of hydrogen-bond donors (Lipinski definition) is 2. The maximum Gasteiger partial charge on any atom is 0.193 e. The zero-order chi connectivity index (χ0) is 20.6. The van der Waals surface area contributed by atoms with Crippen molar-refractivity contribution in [3.8, 4) is 11.5 Å². The third-order valence-electron chi connectivity index (χ3n) is 5.53. The third kappa shape index (κ3) is 5.64. The second kappa shape index (κ2) is 10.2. The highest BCUT2D eigenvalue weighted by molar-refractivity contribution is 5.92. The second-order valence-electron chi connectivity index (χ2n) is 7.57. The normalized spacial score (nSPS) is 17.0. The Kier molecular flexibility index (Phi) is 7.36. The van der Waals surface area contributed by atoms with Crippen LogP contribution in [0.1, 0.15) is 31.4 Å². The first-order valence-corrected chi connectivity index (χ1v) is 10.2. The Labute approximate surface area is 173 Å². The van der Waals surface area contributed by atoms with E-state index in [2.05, 4.69) is 52.5 Å². The molecular weight excluding hydrogens is 364 g/mol. The summed E-state index contributed by atoms with van der Waals surface area (Å²) >= 11 is 0. The lowest BCUT2D eigenvalue weighted by Crippen LogP contribution is -2.38. The molecule has 1 unspecified atom stereocenters. The highest BCUT2D eigenvalue weighted by Gasteiger charge is 2.24. The maximum atomic E-state index is 6.19. The molecule has 0 amide bonds. The molecule has 0 aromatic heterocycles. The average molecular weight is 397 g/mol. The Morgan fingerprint density at radius 1 is 1.10 bits per heavy atom. The minimum atomic E-state index is 0.231. The smallest absolute Gasteiger partial charge is 0.193 e. The fraction of sp³-hybridized carbons (Fsp3) is 0.435. The number of benzene rings is 2. The molecule has 0 aliphatic carbocycles. The molecule has 156 valence electrons. The largest absolute Gasteiger partial charge is 0.493 e. The Hall–Kier alpha value is -2.73. The van der Waals surface area contributed by atoms with Crippen LogP contribution in [0.4, 0.5) is 5.69 Å². The molecule has 1 atom stereocenters. The van der Waals surface area contributed by atoms with E-state index in [1.165, 1.54) is 18.4 Å². The standard InChI is InChI=1S/C23H32N4O2/c1-17-11-13-27(14-12-17)20(18-7-5-4-6-8-18)16-25-23(24)26-19-9-10-21(28-2)22(15-19)29-3/h4-10,15,17,20H,11-14,16H2,1-3H3,(H3,24,25,26). The summed E-state index contributed by atoms with van der Waals surface area (Å²) in [5.41, 5.74) is 8.29. The summed E-state index contributed by atoms with van der Waals surface area (Å²) in [6.07, 6.45) is 2.46. The molecule has 3 N–H and O–H groups in total. The van der Waals surface area contributed by atoms with Gasteiger partial charge in [-0.25, -0.2) is 0 Å². The Morgan fingerprint density at radius 2 is 1.79 bits per heavy atom. The molecule has 6 nitrogen and oxygen atoms in total. The Balaban J connectivity index is 1.71. The van der Waals surface area contributed by atoms with E-state index in [9.17, 15) is 0 Å². The fourth-order valence-corrected chi connectivity index (χ4v) is 3.73. The molecule has 0 bridgehead atoms. The van der Waals surface area contributed by atoms with Crippen molar-refractivity contribution in [1.29, 1.82) is 0 Å². The van der Waals surface area contributed by atoms with Crippen molar-refractivity contribution in [2.45, 2.75) is 25.8 Å². The molecule has 2 aromatic carbocycles. The molecular formula is C23H32N4O2. The van der Waals surface area contributed by atoms with Crippen molar-refractivity contribution in [1.82, 2.24) is 4.90 Å². The molecule has 6 heteroatoms. The number of nitrogens with two attached hydrogens (primary N) is 1. The Bertz CT molecular complexity index is 802. The summed E-state index contributed by atoms with van der Waals surface area (Å²) in [5.74, 6) is 2.51. The molecule has 2 aromatic rings. The van der Waals surface area contributed by atoms with Crippen LogP contribution in [-0.2, 0) is 0 Å². The van der Waals surface area contributed by atoms with Crippen LogP contribution in [0.5, 0.6) is 11.5 Å². The topological polar surface area (TPSA) is 72.1 Å². The maximum absolute atomic E-state index is 6.19. The molecule has 0 radical (unpaired) electrons. The van der Waals surface area contributed by atoms with Gasteiger partial charge >= 0.3 is 0 Å². The summed E-state index contributed by atoms with van der Waals surface area (Å²) < 4.78 is 10.6. The van der Waals surface area contributed by atoms with E-state index in [1.807, 2.05) is 18.2 Å². The zero-order valence-electron chi connectivity index (χ0n) is 17.6. The molecule has 1 saturated heterocycles. The number of nitrogens with zero attached hydrogens (tertiary/aromatic N) is 2. The number of ether oxygens (including phenoxy) is 2. The van der Waals surface area contributed by atoms with Gasteiger partial charge in [0, 0.05) is 11.8 Å². The summed E-state index contributed by atoms with van der Waals surface area (Å²) in [7, 11) is 3.23. The zero-order valence-corrected chi connectivity index (χ0v) is 17.6. The van der Waals surface area contributed by atoms with Gasteiger partial charge in [-0.15, -0.1) is 0 Å². The number of anilines is 1. The summed E-state index contributed by atoms with van der Waals surface area (Å²) in [6, 6.07) is 16.4. The van der Waals surface area contributed by atoms with Crippen molar-refractivity contribution >= 4 is 11.6 Å². The van der Waals surface area contributed by atoms with Gasteiger partial charge < -0.3 is 20.5 Å². The van der Waals surface area contributed by atoms with Crippen LogP contribution >= 0.6 is 0 Å². The van der Waals surface area contributed by atoms with Gasteiger partial charge in [-0.3, -0.25) is 9.89 Å². The van der Waals surface area contributed by atoms with Gasteiger partial charge in [0.05, 0.1) is 26.8 Å². The summed E-state index contributed by atoms with van der Waals surface area (Å²) in [5, 5.41) is 3.16. The predicted octanol–water partition coefficient (Wildman–Crippen LogP) is 3.90. The molecule has 29 heavy (non-hydrogen) atoms. The number of rotatable bonds is 7. The van der Waals surface area contributed by atoms with Gasteiger partial charge in [0.15, 0.2) is 17.5 Å². The molecule has 1 aliphatic rings. The number of likely N-dealkylation sites (tertiary alicyclic amines) is 1. The van der Waals surface area contributed by atoms with E-state index in [4.69, 9.17) is 15.2 Å². The molecule has 1 fully saturated rings. The minimum absolute atomic E-state index is 0.231. The van der Waals surface area contributed by atoms with Crippen molar-refractivity contribution in [3.63, 3.8) is 0 Å². The minimum Gasteiger partial charge on any atom is -0.493 e. The highest BCUT2D eigenvalue weighted by atomic mass is 16.5.